The minimum absolute atomic E-state index is 0. The van der Waals surface area contributed by atoms with Gasteiger partial charge in [-0.2, -0.15) is 0 Å². The molecule has 0 aliphatic rings. The van der Waals surface area contributed by atoms with Crippen LogP contribution in [0.5, 0.6) is 0 Å². The molecular weight excluding hydrogens is 566 g/mol. The zero-order valence-corrected chi connectivity index (χ0v) is 18.9. The van der Waals surface area contributed by atoms with Crippen LogP contribution in [0.2, 0.25) is 22.8 Å². The molecule has 0 fully saturated rings. The van der Waals surface area contributed by atoms with Crippen molar-refractivity contribution >= 4 is 38.0 Å². The summed E-state index contributed by atoms with van der Waals surface area (Å²) in [6, 6.07) is 9.05. The quantitative estimate of drug-likeness (QED) is 0.288. The minimum atomic E-state index is -0.651. The average Bonchev–Trinajstić information content (AvgIpc) is 2.55. The second-order valence-electron chi connectivity index (χ2n) is 3.28. The summed E-state index contributed by atoms with van der Waals surface area (Å²) in [5, 5.41) is 0. The standard InChI is InChI=1S/C10H16As2.4CO.W/c1-11(2)9-7-5-6-8-10(9)12(3)4;4*1-2;/h5-8H,1-4H3;;;;;. The van der Waals surface area contributed by atoms with E-state index in [1.54, 1.807) is 8.70 Å². The zero-order chi connectivity index (χ0) is 17.1. The van der Waals surface area contributed by atoms with Gasteiger partial charge in [0, 0.05) is 21.1 Å². The average molecular weight is 582 g/mol. The van der Waals surface area contributed by atoms with Gasteiger partial charge in [0.25, 0.3) is 0 Å². The van der Waals surface area contributed by atoms with Crippen LogP contribution in [0.3, 0.4) is 0 Å². The molecule has 7 heteroatoms. The number of rotatable bonds is 2. The van der Waals surface area contributed by atoms with Gasteiger partial charge >= 0.3 is 130 Å². The first-order valence-electron chi connectivity index (χ1n) is 4.88. The van der Waals surface area contributed by atoms with E-state index in [1.807, 2.05) is 0 Å². The van der Waals surface area contributed by atoms with Gasteiger partial charge in [0.2, 0.25) is 0 Å². The van der Waals surface area contributed by atoms with Crippen molar-refractivity contribution in [1.82, 2.24) is 0 Å². The smallest absolute Gasteiger partial charge is 0 e. The molecule has 1 aromatic carbocycles. The molecule has 0 heterocycles. The Bertz CT molecular complexity index is 361. The summed E-state index contributed by atoms with van der Waals surface area (Å²) < 4.78 is 33.4. The third kappa shape index (κ3) is 17.9. The van der Waals surface area contributed by atoms with Gasteiger partial charge in [-0.1, -0.05) is 0 Å². The molecule has 0 bridgehead atoms. The fourth-order valence-corrected chi connectivity index (χ4v) is 9.43. The number of hydrogen-bond acceptors (Lipinski definition) is 0. The first-order valence-corrected chi connectivity index (χ1v) is 14.3. The Labute approximate surface area is 150 Å². The molecule has 0 saturated heterocycles. The molecule has 0 spiro atoms. The predicted octanol–water partition coefficient (Wildman–Crippen LogP) is 1.46. The van der Waals surface area contributed by atoms with Crippen molar-refractivity contribution in [2.24, 2.45) is 0 Å². The maximum absolute atomic E-state index is 7.50. The van der Waals surface area contributed by atoms with Crippen molar-refractivity contribution in [3.63, 3.8) is 0 Å². The van der Waals surface area contributed by atoms with Crippen molar-refractivity contribution in [3.05, 3.63) is 50.9 Å². The molecule has 112 valence electrons. The van der Waals surface area contributed by atoms with E-state index in [0.29, 0.717) is 0 Å². The van der Waals surface area contributed by atoms with E-state index < -0.39 is 29.3 Å². The van der Waals surface area contributed by atoms with Gasteiger partial charge in [-0.15, -0.1) is 0 Å². The predicted molar refractivity (Wildman–Crippen MR) is 76.4 cm³/mol. The SMILES string of the molecule is C[As](C)c1ccccc1[As](C)C.[C-]#[O+].[C-]#[O+].[C-]#[O+].[C-]#[O+].[W]. The van der Waals surface area contributed by atoms with Crippen LogP contribution in [0.4, 0.5) is 0 Å². The second-order valence-corrected chi connectivity index (χ2v) is 12.8. The molecule has 1 aromatic rings. The van der Waals surface area contributed by atoms with Gasteiger partial charge in [0.15, 0.2) is 0 Å². The molecule has 21 heavy (non-hydrogen) atoms. The third-order valence-corrected chi connectivity index (χ3v) is 8.36. The maximum atomic E-state index is 7.50. The second kappa shape index (κ2) is 28.2. The van der Waals surface area contributed by atoms with Crippen molar-refractivity contribution < 1.29 is 39.7 Å². The first kappa shape index (κ1) is 32.8. The van der Waals surface area contributed by atoms with Gasteiger partial charge < -0.3 is 0 Å². The van der Waals surface area contributed by atoms with Crippen LogP contribution in [0, 0.1) is 26.6 Å². The van der Waals surface area contributed by atoms with Gasteiger partial charge in [0.05, 0.1) is 0 Å². The molecule has 0 atom stereocenters. The molecule has 0 aromatic heterocycles. The van der Waals surface area contributed by atoms with Crippen LogP contribution >= 0.6 is 0 Å². The molecule has 0 radical (unpaired) electrons. The number of benzene rings is 1. The van der Waals surface area contributed by atoms with Crippen molar-refractivity contribution in [1.29, 1.82) is 0 Å². The number of hydrogen-bond donors (Lipinski definition) is 0. The summed E-state index contributed by atoms with van der Waals surface area (Å²) in [5.74, 6) is 0. The minimum Gasteiger partial charge on any atom is 0 e. The fraction of sp³-hybridized carbons (Fsp3) is 0.286. The Morgan fingerprint density at radius 3 is 0.952 bits per heavy atom. The topological polar surface area (TPSA) is 79.6 Å². The van der Waals surface area contributed by atoms with Gasteiger partial charge in [-0.05, 0) is 0 Å². The van der Waals surface area contributed by atoms with Crippen LogP contribution in [-0.4, -0.2) is 29.3 Å². The molecule has 0 unspecified atom stereocenters. The van der Waals surface area contributed by atoms with Crippen molar-refractivity contribution in [2.75, 3.05) is 0 Å². The van der Waals surface area contributed by atoms with Crippen LogP contribution in [0.15, 0.2) is 24.3 Å². The summed E-state index contributed by atoms with van der Waals surface area (Å²) in [4.78, 5) is 0. The zero-order valence-electron chi connectivity index (χ0n) is 12.2. The summed E-state index contributed by atoms with van der Waals surface area (Å²) in [5.41, 5.74) is 9.68. The molecule has 1 rings (SSSR count). The summed E-state index contributed by atoms with van der Waals surface area (Å²) in [6.07, 6.45) is 0. The Morgan fingerprint density at radius 2 is 0.810 bits per heavy atom. The molecule has 0 aliphatic carbocycles. The summed E-state index contributed by atoms with van der Waals surface area (Å²) >= 11 is -1.30. The largest absolute Gasteiger partial charge is 0 e. The normalized spacial score (nSPS) is 6.76. The van der Waals surface area contributed by atoms with E-state index in [1.165, 1.54) is 0 Å². The van der Waals surface area contributed by atoms with Crippen molar-refractivity contribution in [3.8, 4) is 0 Å². The molecule has 0 N–H and O–H groups in total. The van der Waals surface area contributed by atoms with Gasteiger partial charge in [-0.25, -0.2) is 0 Å². The van der Waals surface area contributed by atoms with E-state index >= 15 is 0 Å². The Balaban J connectivity index is -0.0000000823. The monoisotopic (exact) mass is 582 g/mol. The molecule has 0 amide bonds. The van der Waals surface area contributed by atoms with E-state index in [2.05, 4.69) is 73.7 Å². The van der Waals surface area contributed by atoms with Crippen LogP contribution in [0.25, 0.3) is 0 Å². The summed E-state index contributed by atoms with van der Waals surface area (Å²) in [7, 11) is 0. The van der Waals surface area contributed by atoms with E-state index in [4.69, 9.17) is 18.6 Å². The van der Waals surface area contributed by atoms with Crippen LogP contribution in [0.1, 0.15) is 0 Å². The molecule has 0 aliphatic heterocycles. The Morgan fingerprint density at radius 1 is 0.619 bits per heavy atom. The van der Waals surface area contributed by atoms with Crippen LogP contribution < -0.4 is 8.70 Å². The van der Waals surface area contributed by atoms with E-state index in [9.17, 15) is 0 Å². The van der Waals surface area contributed by atoms with Crippen LogP contribution in [-0.2, 0) is 39.7 Å². The molecular formula is C14H16As2O4W. The van der Waals surface area contributed by atoms with E-state index in [-0.39, 0.29) is 21.1 Å². The molecule has 0 saturated carbocycles. The Hall–Kier alpha value is -0.0148. The summed E-state index contributed by atoms with van der Waals surface area (Å²) in [6.45, 7) is 18.0. The maximum Gasteiger partial charge on any atom is 0 e. The Kier molecular flexibility index (Phi) is 44.0. The van der Waals surface area contributed by atoms with Gasteiger partial charge in [0.1, 0.15) is 0 Å². The third-order valence-electron chi connectivity index (χ3n) is 1.85. The van der Waals surface area contributed by atoms with Crippen molar-refractivity contribution in [2.45, 2.75) is 22.8 Å². The fourth-order valence-electron chi connectivity index (χ4n) is 1.22. The van der Waals surface area contributed by atoms with Gasteiger partial charge in [-0.3, -0.25) is 0 Å². The van der Waals surface area contributed by atoms with E-state index in [0.717, 1.165) is 0 Å². The molecule has 4 nitrogen and oxygen atoms in total. The first-order chi connectivity index (χ1) is 9.63.